The number of fused-ring (bicyclic) bond motifs is 1. The smallest absolute Gasteiger partial charge is 0.274 e. The summed E-state index contributed by atoms with van der Waals surface area (Å²) in [6.45, 7) is 7.42. The lowest BCUT2D eigenvalue weighted by Crippen LogP contribution is -2.28. The van der Waals surface area contributed by atoms with Crippen LogP contribution in [0, 0.1) is 6.92 Å². The molecule has 4 aromatic heterocycles. The molecule has 0 atom stereocenters. The summed E-state index contributed by atoms with van der Waals surface area (Å²) in [5, 5.41) is 0. The van der Waals surface area contributed by atoms with Crippen LogP contribution < -0.4 is 5.56 Å². The topological polar surface area (TPSA) is 133 Å². The van der Waals surface area contributed by atoms with Crippen molar-refractivity contribution < 1.29 is 8.42 Å². The predicted octanol–water partition coefficient (Wildman–Crippen LogP) is 3.77. The maximum atomic E-state index is 13.5. The third-order valence-electron chi connectivity index (χ3n) is 7.15. The van der Waals surface area contributed by atoms with E-state index in [9.17, 15) is 13.2 Å². The summed E-state index contributed by atoms with van der Waals surface area (Å²) in [6, 6.07) is 3.10. The number of aromatic nitrogens is 7. The zero-order chi connectivity index (χ0) is 27.0. The van der Waals surface area contributed by atoms with Crippen LogP contribution in [0.2, 0.25) is 0 Å². The average molecular weight is 534 g/mol. The molecule has 4 aromatic rings. The van der Waals surface area contributed by atoms with E-state index in [1.807, 2.05) is 20.8 Å². The number of hydrogen-bond acceptors (Lipinski definition) is 9. The third-order valence-corrected chi connectivity index (χ3v) is 8.87. The van der Waals surface area contributed by atoms with Crippen molar-refractivity contribution in [1.29, 1.82) is 0 Å². The molecule has 0 bridgehead atoms. The predicted molar refractivity (Wildman–Crippen MR) is 144 cm³/mol. The standard InChI is InChI=1S/C27H31N7O3S/c1-5-38(36,37)20-11-9-19(28-13-20)10-12-21-27(35)34(16(2)3)26-22(32-21)14-29-25(33-26)23-17(4)30-15-31-24(23)18-7-6-8-18/h9,11,13-16,18H,5-8,10,12H2,1-4H3. The first-order valence-corrected chi connectivity index (χ1v) is 14.6. The van der Waals surface area contributed by atoms with Gasteiger partial charge in [-0.3, -0.25) is 14.3 Å². The lowest BCUT2D eigenvalue weighted by atomic mass is 9.80. The molecule has 0 saturated heterocycles. The molecule has 1 saturated carbocycles. The van der Waals surface area contributed by atoms with Crippen molar-refractivity contribution in [3.63, 3.8) is 0 Å². The van der Waals surface area contributed by atoms with Gasteiger partial charge in [0.15, 0.2) is 21.3 Å². The molecule has 0 amide bonds. The Morgan fingerprint density at radius 1 is 1.03 bits per heavy atom. The molecule has 0 aromatic carbocycles. The first-order chi connectivity index (χ1) is 18.2. The molecule has 1 fully saturated rings. The number of aryl methyl sites for hydroxylation is 3. The van der Waals surface area contributed by atoms with E-state index < -0.39 is 9.84 Å². The summed E-state index contributed by atoms with van der Waals surface area (Å²) < 4.78 is 25.8. The van der Waals surface area contributed by atoms with E-state index >= 15 is 0 Å². The van der Waals surface area contributed by atoms with Gasteiger partial charge in [0.2, 0.25) is 0 Å². The first-order valence-electron chi connectivity index (χ1n) is 13.0. The second-order valence-electron chi connectivity index (χ2n) is 9.97. The third kappa shape index (κ3) is 4.82. The SMILES string of the molecule is CCS(=O)(=O)c1ccc(CCc2nc3cnc(-c4c(C)ncnc4C4CCC4)nc3n(C(C)C)c2=O)nc1. The molecule has 1 aliphatic rings. The Hall–Kier alpha value is -3.60. The zero-order valence-electron chi connectivity index (χ0n) is 22.0. The monoisotopic (exact) mass is 533 g/mol. The van der Waals surface area contributed by atoms with Gasteiger partial charge < -0.3 is 0 Å². The molecule has 10 nitrogen and oxygen atoms in total. The minimum absolute atomic E-state index is 0.0202. The molecule has 1 aliphatic carbocycles. The molecule has 11 heteroatoms. The maximum Gasteiger partial charge on any atom is 0.274 e. The van der Waals surface area contributed by atoms with Crippen LogP contribution in [0.25, 0.3) is 22.6 Å². The van der Waals surface area contributed by atoms with E-state index in [2.05, 4.69) is 24.9 Å². The first kappa shape index (κ1) is 26.0. The van der Waals surface area contributed by atoms with Gasteiger partial charge in [-0.15, -0.1) is 0 Å². The van der Waals surface area contributed by atoms with Crippen LogP contribution >= 0.6 is 0 Å². The fourth-order valence-electron chi connectivity index (χ4n) is 4.73. The van der Waals surface area contributed by atoms with Crippen LogP contribution in [0.4, 0.5) is 0 Å². The number of pyridine rings is 1. The Kier molecular flexibility index (Phi) is 7.04. The van der Waals surface area contributed by atoms with E-state index in [1.54, 1.807) is 36.1 Å². The molecule has 0 radical (unpaired) electrons. The summed E-state index contributed by atoms with van der Waals surface area (Å²) >= 11 is 0. The van der Waals surface area contributed by atoms with E-state index in [4.69, 9.17) is 4.98 Å². The number of nitrogens with zero attached hydrogens (tertiary/aromatic N) is 7. The Morgan fingerprint density at radius 2 is 1.82 bits per heavy atom. The molecule has 0 aliphatic heterocycles. The van der Waals surface area contributed by atoms with E-state index in [1.165, 1.54) is 12.6 Å². The lowest BCUT2D eigenvalue weighted by Gasteiger charge is -2.26. The summed E-state index contributed by atoms with van der Waals surface area (Å²) in [5.41, 5.74) is 4.51. The number of hydrogen-bond donors (Lipinski definition) is 0. The van der Waals surface area contributed by atoms with Gasteiger partial charge in [-0.25, -0.2) is 33.3 Å². The van der Waals surface area contributed by atoms with Crippen molar-refractivity contribution in [3.8, 4) is 11.4 Å². The molecule has 0 spiro atoms. The summed E-state index contributed by atoms with van der Waals surface area (Å²) in [7, 11) is -3.31. The Morgan fingerprint density at radius 3 is 2.45 bits per heavy atom. The number of sulfone groups is 1. The summed E-state index contributed by atoms with van der Waals surface area (Å²) in [4.78, 5) is 41.1. The molecule has 198 valence electrons. The largest absolute Gasteiger partial charge is 0.287 e. The second-order valence-corrected chi connectivity index (χ2v) is 12.2. The lowest BCUT2D eigenvalue weighted by molar-refractivity contribution is 0.411. The second kappa shape index (κ2) is 10.3. The van der Waals surface area contributed by atoms with Gasteiger partial charge in [0.1, 0.15) is 17.5 Å². The van der Waals surface area contributed by atoms with Crippen LogP contribution in [-0.2, 0) is 22.7 Å². The molecule has 38 heavy (non-hydrogen) atoms. The van der Waals surface area contributed by atoms with Crippen molar-refractivity contribution in [2.75, 3.05) is 5.75 Å². The van der Waals surface area contributed by atoms with Crippen molar-refractivity contribution >= 4 is 21.0 Å². The normalized spacial score (nSPS) is 14.2. The zero-order valence-corrected chi connectivity index (χ0v) is 22.9. The van der Waals surface area contributed by atoms with Crippen LogP contribution in [0.3, 0.4) is 0 Å². The van der Waals surface area contributed by atoms with Gasteiger partial charge >= 0.3 is 0 Å². The van der Waals surface area contributed by atoms with E-state index in [0.29, 0.717) is 47.1 Å². The van der Waals surface area contributed by atoms with Crippen molar-refractivity contribution in [3.05, 3.63) is 64.0 Å². The van der Waals surface area contributed by atoms with Gasteiger partial charge in [-0.05, 0) is 52.2 Å². The minimum Gasteiger partial charge on any atom is -0.287 e. The fourth-order valence-corrected chi connectivity index (χ4v) is 5.55. The van der Waals surface area contributed by atoms with Crippen LogP contribution in [0.15, 0.2) is 40.5 Å². The van der Waals surface area contributed by atoms with Gasteiger partial charge in [-0.2, -0.15) is 0 Å². The van der Waals surface area contributed by atoms with Crippen molar-refractivity contribution in [2.24, 2.45) is 0 Å². The summed E-state index contributed by atoms with van der Waals surface area (Å²) in [5.74, 6) is 0.905. The van der Waals surface area contributed by atoms with Crippen molar-refractivity contribution in [1.82, 2.24) is 34.5 Å². The van der Waals surface area contributed by atoms with Gasteiger partial charge in [0.05, 0.1) is 33.8 Å². The molecular formula is C27H31N7O3S. The number of rotatable bonds is 8. The Bertz CT molecular complexity index is 1660. The Labute approximate surface area is 221 Å². The molecular weight excluding hydrogens is 502 g/mol. The highest BCUT2D eigenvalue weighted by Gasteiger charge is 2.27. The Balaban J connectivity index is 1.51. The average Bonchev–Trinajstić information content (AvgIpc) is 2.86. The van der Waals surface area contributed by atoms with E-state index in [0.717, 1.165) is 29.8 Å². The highest BCUT2D eigenvalue weighted by Crippen LogP contribution is 2.40. The summed E-state index contributed by atoms with van der Waals surface area (Å²) in [6.07, 6.45) is 8.79. The van der Waals surface area contributed by atoms with Gasteiger partial charge in [-0.1, -0.05) is 13.3 Å². The maximum absolute atomic E-state index is 13.5. The molecule has 5 rings (SSSR count). The minimum atomic E-state index is -3.31. The highest BCUT2D eigenvalue weighted by molar-refractivity contribution is 7.91. The van der Waals surface area contributed by atoms with Crippen LogP contribution in [0.5, 0.6) is 0 Å². The molecule has 0 N–H and O–H groups in total. The van der Waals surface area contributed by atoms with Gasteiger partial charge in [0, 0.05) is 30.3 Å². The van der Waals surface area contributed by atoms with Crippen LogP contribution in [0.1, 0.15) is 74.8 Å². The fraction of sp³-hybridized carbons (Fsp3) is 0.444. The molecule has 0 unspecified atom stereocenters. The molecule has 4 heterocycles. The highest BCUT2D eigenvalue weighted by atomic mass is 32.2. The quantitative estimate of drug-likeness (QED) is 0.332. The van der Waals surface area contributed by atoms with E-state index in [-0.39, 0.29) is 22.2 Å². The van der Waals surface area contributed by atoms with Gasteiger partial charge in [0.25, 0.3) is 5.56 Å². The van der Waals surface area contributed by atoms with Crippen LogP contribution in [-0.4, -0.2) is 48.6 Å². The van der Waals surface area contributed by atoms with Crippen molar-refractivity contribution in [2.45, 2.75) is 76.7 Å².